The Kier molecular flexibility index (Phi) is 4.87. The first-order valence-electron chi connectivity index (χ1n) is 2.74. The van der Waals surface area contributed by atoms with Crippen molar-refractivity contribution in [3.8, 4) is 5.75 Å². The van der Waals surface area contributed by atoms with Gasteiger partial charge in [0.25, 0.3) is 0 Å². The zero-order chi connectivity index (χ0) is 8.43. The molecule has 60 valence electrons. The predicted octanol–water partition coefficient (Wildman–Crippen LogP) is 0.791. The molecule has 0 aliphatic rings. The number of hydrogen-bond acceptors (Lipinski definition) is 3. The van der Waals surface area contributed by atoms with E-state index in [-0.39, 0.29) is 51.4 Å². The number of nitrogens with zero attached hydrogens (tertiary/aromatic N) is 1. The summed E-state index contributed by atoms with van der Waals surface area (Å²) in [7, 11) is 0. The summed E-state index contributed by atoms with van der Waals surface area (Å²) in [6.07, 6.45) is 0. The molecule has 1 rings (SSSR count). The summed E-state index contributed by atoms with van der Waals surface area (Å²) in [5.41, 5.74) is -0.620. The Morgan fingerprint density at radius 2 is 2.08 bits per heavy atom. The topological polar surface area (TPSA) is 63.4 Å². The van der Waals surface area contributed by atoms with Gasteiger partial charge in [-0.15, -0.1) is 0 Å². The third-order valence-electron chi connectivity index (χ3n) is 1.13. The van der Waals surface area contributed by atoms with Crippen LogP contribution in [0.25, 0.3) is 0 Å². The van der Waals surface area contributed by atoms with E-state index in [1.165, 1.54) is 0 Å². The average molecular weight is 197 g/mol. The molecule has 0 unspecified atom stereocenters. The van der Waals surface area contributed by atoms with Crippen molar-refractivity contribution in [1.82, 2.24) is 0 Å². The number of rotatable bonds is 1. The fourth-order valence-corrected chi connectivity index (χ4v) is 0.643. The van der Waals surface area contributed by atoms with Gasteiger partial charge in [-0.2, -0.15) is 0 Å². The van der Waals surface area contributed by atoms with E-state index < -0.39 is 22.2 Å². The van der Waals surface area contributed by atoms with Crippen LogP contribution >= 0.6 is 0 Å². The van der Waals surface area contributed by atoms with Crippen LogP contribution < -0.4 is 0 Å². The summed E-state index contributed by atoms with van der Waals surface area (Å²) in [5, 5.41) is 18.8. The molecule has 1 aromatic rings. The van der Waals surface area contributed by atoms with Gasteiger partial charge in [0.05, 0.1) is 11.0 Å². The van der Waals surface area contributed by atoms with Crippen molar-refractivity contribution in [2.24, 2.45) is 0 Å². The van der Waals surface area contributed by atoms with Crippen molar-refractivity contribution >= 4 is 57.1 Å². The fraction of sp³-hybridized carbons (Fsp3) is 0. The molecule has 0 amide bonds. The van der Waals surface area contributed by atoms with Gasteiger partial charge in [0.1, 0.15) is 5.82 Å². The quantitative estimate of drug-likeness (QED) is 0.411. The molecule has 0 saturated heterocycles. The maximum atomic E-state index is 12.3. The molecular weight excluding hydrogens is 192 g/mol. The van der Waals surface area contributed by atoms with E-state index in [2.05, 4.69) is 0 Å². The van der Waals surface area contributed by atoms with E-state index in [1.807, 2.05) is 0 Å². The number of halogens is 1. The molecule has 1 N–H and O–H groups in total. The number of phenols is 1. The zero-order valence-electron chi connectivity index (χ0n) is 5.32. The van der Waals surface area contributed by atoms with Crippen molar-refractivity contribution in [2.45, 2.75) is 0 Å². The summed E-state index contributed by atoms with van der Waals surface area (Å²) in [5.74, 6) is -1.27. The van der Waals surface area contributed by atoms with Crippen LogP contribution in [0.4, 0.5) is 10.1 Å². The zero-order valence-corrected chi connectivity index (χ0v) is 5.32. The summed E-state index contributed by atoms with van der Waals surface area (Å²) in [4.78, 5) is 9.20. The molecule has 0 radical (unpaired) electrons. The van der Waals surface area contributed by atoms with Crippen molar-refractivity contribution in [1.29, 1.82) is 0 Å². The van der Waals surface area contributed by atoms with Crippen LogP contribution in [0.15, 0.2) is 18.2 Å². The molecule has 6 heteroatoms. The van der Waals surface area contributed by atoms with Crippen LogP contribution in [-0.4, -0.2) is 61.4 Å². The SMILES string of the molecule is O=[N+]([O-])c1cc(F)ccc1O.[KH]. The van der Waals surface area contributed by atoms with Crippen LogP contribution in [0.2, 0.25) is 0 Å². The summed E-state index contributed by atoms with van der Waals surface area (Å²) < 4.78 is 12.3. The molecule has 0 spiro atoms. The second-order valence-electron chi connectivity index (χ2n) is 1.89. The number of benzene rings is 1. The van der Waals surface area contributed by atoms with Crippen molar-refractivity contribution in [2.75, 3.05) is 0 Å². The van der Waals surface area contributed by atoms with Crippen LogP contribution in [0.5, 0.6) is 5.75 Å². The Bertz CT molecular complexity index is 305. The van der Waals surface area contributed by atoms with E-state index >= 15 is 0 Å². The molecule has 0 aromatic heterocycles. The van der Waals surface area contributed by atoms with Crippen LogP contribution in [0.3, 0.4) is 0 Å². The Labute approximate surface area is 110 Å². The van der Waals surface area contributed by atoms with Gasteiger partial charge in [-0.25, -0.2) is 4.39 Å². The van der Waals surface area contributed by atoms with Crippen LogP contribution in [0.1, 0.15) is 0 Å². The average Bonchev–Trinajstić information content (AvgIpc) is 1.94. The second-order valence-corrected chi connectivity index (χ2v) is 1.89. The van der Waals surface area contributed by atoms with Gasteiger partial charge in [0.15, 0.2) is 5.75 Å². The van der Waals surface area contributed by atoms with Gasteiger partial charge in [-0.05, 0) is 12.1 Å². The van der Waals surface area contributed by atoms with E-state index in [0.29, 0.717) is 6.07 Å². The molecule has 0 heterocycles. The molecule has 0 aliphatic carbocycles. The standard InChI is InChI=1S/C6H4FNO3.K.H/c7-4-1-2-6(9)5(3-4)8(10)11;;/h1-3,9H;;. The number of hydrogen-bond donors (Lipinski definition) is 1. The van der Waals surface area contributed by atoms with E-state index in [9.17, 15) is 14.5 Å². The van der Waals surface area contributed by atoms with Gasteiger partial charge in [-0.3, -0.25) is 10.1 Å². The molecule has 0 atom stereocenters. The molecule has 0 saturated carbocycles. The molecule has 0 aliphatic heterocycles. The summed E-state index contributed by atoms with van der Waals surface area (Å²) in [6, 6.07) is 2.55. The Morgan fingerprint density at radius 1 is 1.50 bits per heavy atom. The first-order valence-corrected chi connectivity index (χ1v) is 2.74. The predicted molar refractivity (Wildman–Crippen MR) is 41.9 cm³/mol. The molecule has 4 nitrogen and oxygen atoms in total. The van der Waals surface area contributed by atoms with Gasteiger partial charge >= 0.3 is 57.1 Å². The normalized spacial score (nSPS) is 8.75. The van der Waals surface area contributed by atoms with Gasteiger partial charge in [0.2, 0.25) is 0 Å². The van der Waals surface area contributed by atoms with Crippen molar-refractivity contribution in [3.05, 3.63) is 34.1 Å². The number of phenolic OH excluding ortho intramolecular Hbond substituents is 1. The molecule has 0 bridgehead atoms. The number of nitro groups is 1. The van der Waals surface area contributed by atoms with Gasteiger partial charge in [0, 0.05) is 0 Å². The van der Waals surface area contributed by atoms with Crippen LogP contribution in [0, 0.1) is 15.9 Å². The fourth-order valence-electron chi connectivity index (χ4n) is 0.643. The molecule has 1 aromatic carbocycles. The van der Waals surface area contributed by atoms with E-state index in [0.717, 1.165) is 12.1 Å². The Hall–Kier alpha value is -0.0136. The maximum absolute atomic E-state index is 12.3. The number of nitro benzene ring substituents is 1. The third kappa shape index (κ3) is 2.79. The van der Waals surface area contributed by atoms with E-state index in [1.54, 1.807) is 0 Å². The summed E-state index contributed by atoms with van der Waals surface area (Å²) in [6.45, 7) is 0. The van der Waals surface area contributed by atoms with E-state index in [4.69, 9.17) is 5.11 Å². The number of aromatic hydroxyl groups is 1. The molecule has 12 heavy (non-hydrogen) atoms. The third-order valence-corrected chi connectivity index (χ3v) is 1.13. The minimum atomic E-state index is -0.849. The minimum absolute atomic E-state index is 0. The monoisotopic (exact) mass is 197 g/mol. The Balaban J connectivity index is 0.00000121. The molecular formula is C6H5FKNO3. The van der Waals surface area contributed by atoms with Crippen molar-refractivity contribution < 1.29 is 14.4 Å². The second kappa shape index (κ2) is 4.88. The first-order chi connectivity index (χ1) is 5.11. The Morgan fingerprint density at radius 3 is 2.50 bits per heavy atom. The van der Waals surface area contributed by atoms with Gasteiger partial charge < -0.3 is 5.11 Å². The van der Waals surface area contributed by atoms with Gasteiger partial charge in [-0.1, -0.05) is 0 Å². The summed E-state index contributed by atoms with van der Waals surface area (Å²) >= 11 is 0. The van der Waals surface area contributed by atoms with Crippen molar-refractivity contribution in [3.63, 3.8) is 0 Å². The molecule has 0 fully saturated rings. The first kappa shape index (κ1) is 12.0. The van der Waals surface area contributed by atoms with Crippen LogP contribution in [-0.2, 0) is 0 Å².